The van der Waals surface area contributed by atoms with Gasteiger partial charge in [0.25, 0.3) is 0 Å². The van der Waals surface area contributed by atoms with E-state index in [9.17, 15) is 0 Å². The Labute approximate surface area is 274 Å². The van der Waals surface area contributed by atoms with E-state index in [1.54, 1.807) is 0 Å². The van der Waals surface area contributed by atoms with Gasteiger partial charge in [0.1, 0.15) is 0 Å². The molecule has 0 radical (unpaired) electrons. The van der Waals surface area contributed by atoms with Gasteiger partial charge in [-0.05, 0) is 97.4 Å². The standard InChI is InChI=1S/C44H31N3/c1-44(2)39-14-7-6-13-36(39)38-26-37-32(25-40(38)44)16-15-31-24-33(17-18-35(31)37)42-27-41(29-9-4-3-5-10-29)46-43(47-42)34-12-8-11-30(23-34)28-19-21-45-22-20-28/h3-27H,1-2H3. The van der Waals surface area contributed by atoms with Crippen molar-refractivity contribution < 1.29 is 0 Å². The number of hydrogen-bond acceptors (Lipinski definition) is 3. The van der Waals surface area contributed by atoms with Crippen LogP contribution in [-0.4, -0.2) is 15.0 Å². The number of benzene rings is 6. The molecule has 0 bridgehead atoms. The Balaban J connectivity index is 1.19. The maximum atomic E-state index is 5.17. The van der Waals surface area contributed by atoms with Crippen LogP contribution in [0, 0.1) is 0 Å². The van der Waals surface area contributed by atoms with Crippen LogP contribution in [0.3, 0.4) is 0 Å². The summed E-state index contributed by atoms with van der Waals surface area (Å²) in [5.74, 6) is 0.702. The minimum atomic E-state index is -0.0159. The molecule has 47 heavy (non-hydrogen) atoms. The van der Waals surface area contributed by atoms with E-state index in [0.717, 1.165) is 39.2 Å². The zero-order valence-electron chi connectivity index (χ0n) is 26.3. The lowest BCUT2D eigenvalue weighted by Crippen LogP contribution is -2.14. The van der Waals surface area contributed by atoms with Crippen molar-refractivity contribution in [2.45, 2.75) is 19.3 Å². The highest BCUT2D eigenvalue weighted by Crippen LogP contribution is 2.50. The minimum Gasteiger partial charge on any atom is -0.265 e. The van der Waals surface area contributed by atoms with E-state index in [-0.39, 0.29) is 5.41 Å². The normalized spacial score (nSPS) is 13.1. The molecule has 2 heterocycles. The topological polar surface area (TPSA) is 38.7 Å². The maximum Gasteiger partial charge on any atom is 0.160 e. The fourth-order valence-corrected chi connectivity index (χ4v) is 7.28. The molecule has 8 aromatic rings. The van der Waals surface area contributed by atoms with Gasteiger partial charge in [0.05, 0.1) is 11.4 Å². The van der Waals surface area contributed by atoms with Crippen LogP contribution in [0.4, 0.5) is 0 Å². The Bertz CT molecular complexity index is 2480. The molecule has 2 aromatic heterocycles. The van der Waals surface area contributed by atoms with E-state index in [4.69, 9.17) is 9.97 Å². The summed E-state index contributed by atoms with van der Waals surface area (Å²) in [7, 11) is 0. The lowest BCUT2D eigenvalue weighted by molar-refractivity contribution is 0.661. The summed E-state index contributed by atoms with van der Waals surface area (Å²) in [6, 6.07) is 49.9. The van der Waals surface area contributed by atoms with Crippen LogP contribution in [0.15, 0.2) is 152 Å². The molecule has 1 aliphatic carbocycles. The van der Waals surface area contributed by atoms with Gasteiger partial charge in [0.2, 0.25) is 0 Å². The van der Waals surface area contributed by atoms with E-state index in [1.807, 2.05) is 30.6 Å². The predicted molar refractivity (Wildman–Crippen MR) is 194 cm³/mol. The Morgan fingerprint density at radius 3 is 1.96 bits per heavy atom. The molecule has 3 heteroatoms. The molecule has 0 aliphatic heterocycles. The summed E-state index contributed by atoms with van der Waals surface area (Å²) in [5, 5.41) is 5.00. The van der Waals surface area contributed by atoms with Crippen LogP contribution in [-0.2, 0) is 5.41 Å². The molecule has 222 valence electrons. The van der Waals surface area contributed by atoms with Gasteiger partial charge in [-0.25, -0.2) is 9.97 Å². The first-order valence-corrected chi connectivity index (χ1v) is 16.1. The SMILES string of the molecule is CC1(C)c2ccccc2-c2cc3c(ccc4cc(-c5cc(-c6ccccc6)nc(-c6cccc(-c7ccncc7)c6)n5)ccc43)cc21. The van der Waals surface area contributed by atoms with Crippen molar-refractivity contribution in [1.29, 1.82) is 0 Å². The Hall–Kier alpha value is -5.93. The van der Waals surface area contributed by atoms with Gasteiger partial charge in [-0.2, -0.15) is 0 Å². The largest absolute Gasteiger partial charge is 0.265 e. The highest BCUT2D eigenvalue weighted by atomic mass is 14.9. The highest BCUT2D eigenvalue weighted by Gasteiger charge is 2.35. The third-order valence-corrected chi connectivity index (χ3v) is 9.76. The molecule has 0 fully saturated rings. The quantitative estimate of drug-likeness (QED) is 0.188. The number of fused-ring (bicyclic) bond motifs is 6. The molecular formula is C44H31N3. The van der Waals surface area contributed by atoms with Gasteiger partial charge in [-0.3, -0.25) is 4.98 Å². The smallest absolute Gasteiger partial charge is 0.160 e. The molecule has 0 saturated carbocycles. The molecule has 0 saturated heterocycles. The van der Waals surface area contributed by atoms with Gasteiger partial charge in [-0.1, -0.05) is 111 Å². The van der Waals surface area contributed by atoms with Crippen LogP contribution >= 0.6 is 0 Å². The molecule has 0 amide bonds. The second kappa shape index (κ2) is 10.6. The van der Waals surface area contributed by atoms with Gasteiger partial charge in [-0.15, -0.1) is 0 Å². The highest BCUT2D eigenvalue weighted by molar-refractivity contribution is 6.10. The number of rotatable bonds is 4. The molecule has 0 atom stereocenters. The van der Waals surface area contributed by atoms with Crippen LogP contribution in [0.25, 0.3) is 77.7 Å². The number of aromatic nitrogens is 3. The van der Waals surface area contributed by atoms with E-state index in [0.29, 0.717) is 5.82 Å². The molecule has 3 nitrogen and oxygen atoms in total. The molecule has 0 N–H and O–H groups in total. The van der Waals surface area contributed by atoms with Crippen LogP contribution in [0.5, 0.6) is 0 Å². The summed E-state index contributed by atoms with van der Waals surface area (Å²) >= 11 is 0. The summed E-state index contributed by atoms with van der Waals surface area (Å²) in [6.07, 6.45) is 3.64. The number of nitrogens with zero attached hydrogens (tertiary/aromatic N) is 3. The molecule has 0 spiro atoms. The summed E-state index contributed by atoms with van der Waals surface area (Å²) in [5.41, 5.74) is 12.6. The summed E-state index contributed by atoms with van der Waals surface area (Å²) in [4.78, 5) is 14.4. The van der Waals surface area contributed by atoms with E-state index in [2.05, 4.69) is 140 Å². The van der Waals surface area contributed by atoms with Crippen molar-refractivity contribution in [3.8, 4) is 56.2 Å². The van der Waals surface area contributed by atoms with Gasteiger partial charge < -0.3 is 0 Å². The van der Waals surface area contributed by atoms with Gasteiger partial charge in [0, 0.05) is 34.5 Å². The van der Waals surface area contributed by atoms with E-state index in [1.165, 1.54) is 43.8 Å². The van der Waals surface area contributed by atoms with Crippen molar-refractivity contribution in [2.24, 2.45) is 0 Å². The Morgan fingerprint density at radius 2 is 1.13 bits per heavy atom. The molecule has 6 aromatic carbocycles. The molecule has 0 unspecified atom stereocenters. The third-order valence-electron chi connectivity index (χ3n) is 9.76. The lowest BCUT2D eigenvalue weighted by Gasteiger charge is -2.21. The second-order valence-corrected chi connectivity index (χ2v) is 12.9. The van der Waals surface area contributed by atoms with Crippen molar-refractivity contribution in [3.05, 3.63) is 163 Å². The average Bonchev–Trinajstić information content (AvgIpc) is 3.36. The Kier molecular flexibility index (Phi) is 6.16. The van der Waals surface area contributed by atoms with Crippen LogP contribution in [0.2, 0.25) is 0 Å². The molecule has 9 rings (SSSR count). The monoisotopic (exact) mass is 601 g/mol. The number of hydrogen-bond donors (Lipinski definition) is 0. The van der Waals surface area contributed by atoms with Crippen molar-refractivity contribution in [1.82, 2.24) is 15.0 Å². The third kappa shape index (κ3) is 4.54. The summed E-state index contributed by atoms with van der Waals surface area (Å²) < 4.78 is 0. The van der Waals surface area contributed by atoms with E-state index >= 15 is 0 Å². The lowest BCUT2D eigenvalue weighted by atomic mass is 9.81. The van der Waals surface area contributed by atoms with Crippen molar-refractivity contribution in [3.63, 3.8) is 0 Å². The Morgan fingerprint density at radius 1 is 0.426 bits per heavy atom. The predicted octanol–water partition coefficient (Wildman–Crippen LogP) is 11.2. The van der Waals surface area contributed by atoms with Gasteiger partial charge >= 0.3 is 0 Å². The fraction of sp³-hybridized carbons (Fsp3) is 0.0682. The molecular weight excluding hydrogens is 571 g/mol. The second-order valence-electron chi connectivity index (χ2n) is 12.9. The minimum absolute atomic E-state index is 0.0159. The van der Waals surface area contributed by atoms with Crippen LogP contribution < -0.4 is 0 Å². The first kappa shape index (κ1) is 27.4. The van der Waals surface area contributed by atoms with Crippen LogP contribution in [0.1, 0.15) is 25.0 Å². The zero-order chi connectivity index (χ0) is 31.5. The maximum absolute atomic E-state index is 5.17. The average molecular weight is 602 g/mol. The fourth-order valence-electron chi connectivity index (χ4n) is 7.28. The van der Waals surface area contributed by atoms with E-state index < -0.39 is 0 Å². The van der Waals surface area contributed by atoms with Crippen molar-refractivity contribution >= 4 is 21.5 Å². The van der Waals surface area contributed by atoms with Crippen molar-refractivity contribution in [2.75, 3.05) is 0 Å². The first-order chi connectivity index (χ1) is 23.0. The summed E-state index contributed by atoms with van der Waals surface area (Å²) in [6.45, 7) is 4.68. The zero-order valence-corrected chi connectivity index (χ0v) is 26.3. The van der Waals surface area contributed by atoms with Gasteiger partial charge in [0.15, 0.2) is 5.82 Å². The number of pyridine rings is 1. The first-order valence-electron chi connectivity index (χ1n) is 16.1. The molecule has 1 aliphatic rings.